The zero-order valence-corrected chi connectivity index (χ0v) is 37.7. The Bertz CT molecular complexity index is 3160. The molecule has 3 nitrogen and oxygen atoms in total. The van der Waals surface area contributed by atoms with E-state index < -0.39 is 0 Å². The molecule has 0 spiro atoms. The highest BCUT2D eigenvalue weighted by Crippen LogP contribution is 2.41. The Balaban J connectivity index is 0.961. The molecule has 0 aliphatic heterocycles. The van der Waals surface area contributed by atoms with Crippen LogP contribution in [-0.4, -0.2) is 15.0 Å². The normalized spacial score (nSPS) is 11.9. The van der Waals surface area contributed by atoms with Crippen LogP contribution >= 0.6 is 0 Å². The monoisotopic (exact) mass is 861 g/mol. The topological polar surface area (TPSA) is 38.7 Å². The van der Waals surface area contributed by atoms with Gasteiger partial charge in [0, 0.05) is 35.3 Å². The molecule has 0 N–H and O–H groups in total. The predicted molar refractivity (Wildman–Crippen MR) is 278 cm³/mol. The van der Waals surface area contributed by atoms with Gasteiger partial charge >= 0.3 is 0 Å². The Labute approximate surface area is 394 Å². The number of hydrogen-bond donors (Lipinski definition) is 0. The van der Waals surface area contributed by atoms with Gasteiger partial charge in [-0.05, 0) is 159 Å². The van der Waals surface area contributed by atoms with Gasteiger partial charge in [-0.15, -0.1) is 0 Å². The van der Waals surface area contributed by atoms with Crippen molar-refractivity contribution < 1.29 is 0 Å². The molecule has 3 heterocycles. The number of hydrogen-bond acceptors (Lipinski definition) is 3. The molecule has 1 aliphatic carbocycles. The van der Waals surface area contributed by atoms with Crippen molar-refractivity contribution in [1.29, 1.82) is 0 Å². The molecule has 0 saturated heterocycles. The summed E-state index contributed by atoms with van der Waals surface area (Å²) in [6.45, 7) is 0. The van der Waals surface area contributed by atoms with E-state index in [4.69, 9.17) is 4.98 Å². The van der Waals surface area contributed by atoms with Crippen molar-refractivity contribution in [3.8, 4) is 78.3 Å². The van der Waals surface area contributed by atoms with Crippen LogP contribution in [0.15, 0.2) is 225 Å². The van der Waals surface area contributed by atoms with Crippen molar-refractivity contribution in [3.63, 3.8) is 0 Å². The molecule has 1 aliphatic rings. The SMILES string of the molecule is c1ccc(-c2ccc(-c3cc(-c4cc5c(cn4)CCC5)ccc3-c3ccccc3-c3cc(CCc4ccc(-c5ccccn5)cc4)cc(CCc4ccc(-c5ccccn5)cc4)c3)cc2)cc1. The van der Waals surface area contributed by atoms with E-state index in [-0.39, 0.29) is 0 Å². The lowest BCUT2D eigenvalue weighted by Gasteiger charge is -2.18. The lowest BCUT2D eigenvalue weighted by molar-refractivity contribution is 0.911. The quantitative estimate of drug-likeness (QED) is 0.116. The van der Waals surface area contributed by atoms with E-state index >= 15 is 0 Å². The van der Waals surface area contributed by atoms with Crippen LogP contribution in [0, 0.1) is 0 Å². The number of pyridine rings is 3. The maximum absolute atomic E-state index is 5.01. The summed E-state index contributed by atoms with van der Waals surface area (Å²) in [4.78, 5) is 14.1. The standard InChI is InChI=1S/C64H51N3/c1-2-11-49(12-3-1)50-31-33-51(34-32-50)61-42-55(64-43-54-13-10-14-56(54)44-67-64)35-36-60(61)59-16-5-4-15-58(59)57-40-47(21-19-45-23-27-52(28-24-45)62-17-6-8-37-65-62)39-48(41-57)22-20-46-25-29-53(30-26-46)63-18-7-9-38-66-63/h1-9,11-12,15-18,23-44H,10,13-14,19-22H2. The van der Waals surface area contributed by atoms with Gasteiger partial charge in [0.25, 0.3) is 0 Å². The maximum Gasteiger partial charge on any atom is 0.0705 e. The Kier molecular flexibility index (Phi) is 12.0. The number of nitrogens with zero attached hydrogens (tertiary/aromatic N) is 3. The molecule has 0 amide bonds. The summed E-state index contributed by atoms with van der Waals surface area (Å²) in [5, 5.41) is 0. The number of aromatic nitrogens is 3. The highest BCUT2D eigenvalue weighted by atomic mass is 14.7. The van der Waals surface area contributed by atoms with E-state index in [1.165, 1.54) is 84.3 Å². The molecule has 0 unspecified atom stereocenters. The third-order valence-electron chi connectivity index (χ3n) is 13.4. The van der Waals surface area contributed by atoms with Gasteiger partial charge in [0.15, 0.2) is 0 Å². The lowest BCUT2D eigenvalue weighted by Crippen LogP contribution is -1.98. The zero-order valence-electron chi connectivity index (χ0n) is 37.7. The van der Waals surface area contributed by atoms with Crippen LogP contribution in [-0.2, 0) is 38.5 Å². The molecule has 67 heavy (non-hydrogen) atoms. The molecule has 0 atom stereocenters. The minimum atomic E-state index is 0.937. The predicted octanol–water partition coefficient (Wildman–Crippen LogP) is 15.6. The first-order chi connectivity index (χ1) is 33.2. The summed E-state index contributed by atoms with van der Waals surface area (Å²) in [5.41, 5.74) is 24.3. The van der Waals surface area contributed by atoms with Gasteiger partial charge in [0.05, 0.1) is 17.1 Å². The summed E-state index contributed by atoms with van der Waals surface area (Å²) < 4.78 is 0. The number of benzene rings is 7. The van der Waals surface area contributed by atoms with Crippen molar-refractivity contribution in [2.45, 2.75) is 44.9 Å². The van der Waals surface area contributed by atoms with Crippen LogP contribution in [0.2, 0.25) is 0 Å². The van der Waals surface area contributed by atoms with Crippen molar-refractivity contribution in [3.05, 3.63) is 258 Å². The molecule has 0 fully saturated rings. The second-order valence-electron chi connectivity index (χ2n) is 17.8. The Morgan fingerprint density at radius 2 is 0.791 bits per heavy atom. The van der Waals surface area contributed by atoms with Crippen molar-refractivity contribution in [2.75, 3.05) is 0 Å². The van der Waals surface area contributed by atoms with Crippen LogP contribution in [0.25, 0.3) is 78.3 Å². The largest absolute Gasteiger partial charge is 0.256 e. The average molecular weight is 862 g/mol. The van der Waals surface area contributed by atoms with E-state index in [2.05, 4.69) is 198 Å². The van der Waals surface area contributed by atoms with Gasteiger partial charge in [-0.3, -0.25) is 15.0 Å². The van der Waals surface area contributed by atoms with E-state index in [9.17, 15) is 0 Å². The molecule has 0 radical (unpaired) electrons. The van der Waals surface area contributed by atoms with Gasteiger partial charge < -0.3 is 0 Å². The highest BCUT2D eigenvalue weighted by molar-refractivity contribution is 5.94. The van der Waals surface area contributed by atoms with Crippen molar-refractivity contribution in [2.24, 2.45) is 0 Å². The molecular formula is C64H51N3. The summed E-state index contributed by atoms with van der Waals surface area (Å²) in [7, 11) is 0. The maximum atomic E-state index is 5.01. The minimum absolute atomic E-state index is 0.937. The van der Waals surface area contributed by atoms with Crippen LogP contribution < -0.4 is 0 Å². The fourth-order valence-electron chi connectivity index (χ4n) is 9.77. The first-order valence-electron chi connectivity index (χ1n) is 23.7. The molecule has 3 heteroatoms. The Morgan fingerprint density at radius 1 is 0.284 bits per heavy atom. The first-order valence-corrected chi connectivity index (χ1v) is 23.7. The van der Waals surface area contributed by atoms with Crippen LogP contribution in [0.4, 0.5) is 0 Å². The second kappa shape index (κ2) is 19.2. The van der Waals surface area contributed by atoms with E-state index in [0.717, 1.165) is 72.3 Å². The number of aryl methyl sites for hydroxylation is 6. The van der Waals surface area contributed by atoms with Gasteiger partial charge in [-0.25, -0.2) is 0 Å². The smallest absolute Gasteiger partial charge is 0.0705 e. The minimum Gasteiger partial charge on any atom is -0.256 e. The lowest BCUT2D eigenvalue weighted by atomic mass is 9.86. The fraction of sp³-hybridized carbons (Fsp3) is 0.109. The average Bonchev–Trinajstić information content (AvgIpc) is 3.89. The fourth-order valence-corrected chi connectivity index (χ4v) is 9.77. The molecule has 3 aromatic heterocycles. The van der Waals surface area contributed by atoms with Gasteiger partial charge in [-0.1, -0.05) is 170 Å². The molecule has 7 aromatic carbocycles. The van der Waals surface area contributed by atoms with Gasteiger partial charge in [0.2, 0.25) is 0 Å². The summed E-state index contributed by atoms with van der Waals surface area (Å²) in [6.07, 6.45) is 13.0. The number of rotatable bonds is 13. The molecular weight excluding hydrogens is 811 g/mol. The van der Waals surface area contributed by atoms with Crippen LogP contribution in [0.3, 0.4) is 0 Å². The summed E-state index contributed by atoms with van der Waals surface area (Å²) in [5.74, 6) is 0. The zero-order chi connectivity index (χ0) is 44.8. The molecule has 11 rings (SSSR count). The highest BCUT2D eigenvalue weighted by Gasteiger charge is 2.18. The van der Waals surface area contributed by atoms with Crippen LogP contribution in [0.5, 0.6) is 0 Å². The molecule has 0 bridgehead atoms. The molecule has 10 aromatic rings. The van der Waals surface area contributed by atoms with E-state index in [1.807, 2.05) is 36.7 Å². The third kappa shape index (κ3) is 9.41. The second-order valence-corrected chi connectivity index (χ2v) is 17.8. The number of fused-ring (bicyclic) bond motifs is 1. The Morgan fingerprint density at radius 3 is 1.42 bits per heavy atom. The van der Waals surface area contributed by atoms with Gasteiger partial charge in [-0.2, -0.15) is 0 Å². The molecule has 322 valence electrons. The summed E-state index contributed by atoms with van der Waals surface area (Å²) in [6, 6.07) is 75.3. The Hall–Kier alpha value is -8.01. The van der Waals surface area contributed by atoms with Gasteiger partial charge in [0.1, 0.15) is 0 Å². The third-order valence-corrected chi connectivity index (χ3v) is 13.4. The van der Waals surface area contributed by atoms with Crippen molar-refractivity contribution in [1.82, 2.24) is 15.0 Å². The van der Waals surface area contributed by atoms with E-state index in [1.54, 1.807) is 0 Å². The molecule has 0 saturated carbocycles. The van der Waals surface area contributed by atoms with Crippen LogP contribution in [0.1, 0.15) is 39.8 Å². The first kappa shape index (κ1) is 41.7. The van der Waals surface area contributed by atoms with E-state index in [0.29, 0.717) is 0 Å². The van der Waals surface area contributed by atoms with Crippen molar-refractivity contribution >= 4 is 0 Å². The summed E-state index contributed by atoms with van der Waals surface area (Å²) >= 11 is 0.